The molecule has 0 aliphatic carbocycles. The molecule has 0 saturated carbocycles. The van der Waals surface area contributed by atoms with Crippen LogP contribution in [0.3, 0.4) is 0 Å². The maximum absolute atomic E-state index is 12.2. The number of aromatic nitrogens is 2. The Morgan fingerprint density at radius 1 is 1.38 bits per heavy atom. The van der Waals surface area contributed by atoms with Gasteiger partial charge in [-0.25, -0.2) is 4.98 Å². The van der Waals surface area contributed by atoms with Gasteiger partial charge in [0.15, 0.2) is 0 Å². The predicted octanol–water partition coefficient (Wildman–Crippen LogP) is 3.12. The summed E-state index contributed by atoms with van der Waals surface area (Å²) in [4.78, 5) is 16.5. The van der Waals surface area contributed by atoms with Crippen LogP contribution in [-0.2, 0) is 0 Å². The number of aliphatic hydroxyl groups is 1. The fourth-order valence-corrected chi connectivity index (χ4v) is 2.68. The predicted molar refractivity (Wildman–Crippen MR) is 100 cm³/mol. The molecular weight excluding hydrogens is 377 g/mol. The average molecular weight is 394 g/mol. The second-order valence-corrected chi connectivity index (χ2v) is 6.61. The Bertz CT molecular complexity index is 943. The second-order valence-electron chi connectivity index (χ2n) is 5.82. The van der Waals surface area contributed by atoms with Gasteiger partial charge in [0.25, 0.3) is 5.91 Å². The van der Waals surface area contributed by atoms with Gasteiger partial charge >= 0.3 is 0 Å². The fraction of sp³-hybridized carbons (Fsp3) is 0.222. The third kappa shape index (κ3) is 4.27. The molecule has 3 rings (SSSR count). The Morgan fingerprint density at radius 2 is 2.19 bits per heavy atom. The first-order valence-corrected chi connectivity index (χ1v) is 8.68. The van der Waals surface area contributed by atoms with Gasteiger partial charge in [-0.1, -0.05) is 29.3 Å². The lowest BCUT2D eigenvalue weighted by Gasteiger charge is -2.14. The lowest BCUT2D eigenvalue weighted by Crippen LogP contribution is -2.35. The molecule has 0 spiro atoms. The zero-order valence-corrected chi connectivity index (χ0v) is 15.5. The number of hydrogen-bond donors (Lipinski definition) is 2. The molecule has 2 heterocycles. The van der Waals surface area contributed by atoms with Crippen LogP contribution in [0.1, 0.15) is 16.1 Å². The Morgan fingerprint density at radius 3 is 3.00 bits per heavy atom. The Kier molecular flexibility index (Phi) is 5.66. The number of aliphatic hydroxyl groups excluding tert-OH is 1. The number of nitrogens with one attached hydrogen (secondary N) is 1. The molecular formula is C18H17Cl2N3O3. The lowest BCUT2D eigenvalue weighted by molar-refractivity contribution is 0.0840. The summed E-state index contributed by atoms with van der Waals surface area (Å²) < 4.78 is 7.21. The van der Waals surface area contributed by atoms with Gasteiger partial charge in [-0.15, -0.1) is 0 Å². The highest BCUT2D eigenvalue weighted by atomic mass is 35.5. The molecule has 2 N–H and O–H groups in total. The summed E-state index contributed by atoms with van der Waals surface area (Å²) in [7, 11) is 0. The zero-order valence-electron chi connectivity index (χ0n) is 13.9. The number of carbonyl (C=O) groups is 1. The molecule has 1 atom stereocenters. The monoisotopic (exact) mass is 393 g/mol. The van der Waals surface area contributed by atoms with Crippen molar-refractivity contribution in [3.8, 4) is 5.75 Å². The van der Waals surface area contributed by atoms with E-state index in [-0.39, 0.29) is 29.8 Å². The van der Waals surface area contributed by atoms with Crippen LogP contribution in [0.25, 0.3) is 5.65 Å². The van der Waals surface area contributed by atoms with Crippen LogP contribution in [-0.4, -0.2) is 39.7 Å². The van der Waals surface area contributed by atoms with Crippen LogP contribution in [0, 0.1) is 6.92 Å². The number of hydrogen-bond acceptors (Lipinski definition) is 4. The van der Waals surface area contributed by atoms with Gasteiger partial charge in [-0.2, -0.15) is 0 Å². The summed E-state index contributed by atoms with van der Waals surface area (Å²) in [5.41, 5.74) is 2.03. The van der Waals surface area contributed by atoms with Gasteiger partial charge in [-0.05, 0) is 36.8 Å². The standard InChI is InChI=1S/C18H17Cl2N3O3/c1-11-5-6-23-9-14(22-16(23)7-11)18(25)21-8-12(24)10-26-15-4-2-3-13(19)17(15)20/h2-7,9,12,24H,8,10H2,1H3,(H,21,25). The van der Waals surface area contributed by atoms with E-state index in [1.54, 1.807) is 28.8 Å². The number of imidazole rings is 1. The van der Waals surface area contributed by atoms with E-state index >= 15 is 0 Å². The highest BCUT2D eigenvalue weighted by molar-refractivity contribution is 6.42. The van der Waals surface area contributed by atoms with Crippen molar-refractivity contribution < 1.29 is 14.6 Å². The normalized spacial score (nSPS) is 12.2. The number of aryl methyl sites for hydroxylation is 1. The number of ether oxygens (including phenoxy) is 1. The molecule has 1 unspecified atom stereocenters. The molecule has 1 amide bonds. The van der Waals surface area contributed by atoms with Gasteiger partial charge in [0.05, 0.1) is 5.02 Å². The molecule has 1 aromatic carbocycles. The molecule has 136 valence electrons. The van der Waals surface area contributed by atoms with Crippen LogP contribution in [0.4, 0.5) is 0 Å². The first kappa shape index (κ1) is 18.5. The molecule has 0 aliphatic heterocycles. The topological polar surface area (TPSA) is 75.9 Å². The number of fused-ring (bicyclic) bond motifs is 1. The molecule has 26 heavy (non-hydrogen) atoms. The van der Waals surface area contributed by atoms with E-state index in [1.165, 1.54) is 0 Å². The Balaban J connectivity index is 1.54. The van der Waals surface area contributed by atoms with E-state index in [1.807, 2.05) is 25.3 Å². The van der Waals surface area contributed by atoms with Crippen molar-refractivity contribution >= 4 is 34.8 Å². The number of carbonyl (C=O) groups excluding carboxylic acids is 1. The summed E-state index contributed by atoms with van der Waals surface area (Å²) >= 11 is 11.9. The summed E-state index contributed by atoms with van der Waals surface area (Å²) in [5.74, 6) is 0.00598. The lowest BCUT2D eigenvalue weighted by atomic mass is 10.3. The summed E-state index contributed by atoms with van der Waals surface area (Å²) in [6, 6.07) is 8.80. The Hall–Kier alpha value is -2.28. The maximum Gasteiger partial charge on any atom is 0.271 e. The molecule has 0 radical (unpaired) electrons. The zero-order chi connectivity index (χ0) is 18.7. The second kappa shape index (κ2) is 7.95. The Labute approximate surface area is 160 Å². The van der Waals surface area contributed by atoms with Gasteiger partial charge in [-0.3, -0.25) is 4.79 Å². The molecule has 6 nitrogen and oxygen atoms in total. The minimum absolute atomic E-state index is 0.0178. The van der Waals surface area contributed by atoms with Crippen molar-refractivity contribution in [3.05, 3.63) is 64.0 Å². The molecule has 0 aliphatic rings. The highest BCUT2D eigenvalue weighted by Crippen LogP contribution is 2.31. The molecule has 3 aromatic rings. The van der Waals surface area contributed by atoms with Gasteiger partial charge in [0.1, 0.15) is 34.8 Å². The quantitative estimate of drug-likeness (QED) is 0.674. The van der Waals surface area contributed by atoms with Crippen molar-refractivity contribution in [3.63, 3.8) is 0 Å². The third-order valence-corrected chi connectivity index (χ3v) is 4.50. The fourth-order valence-electron chi connectivity index (χ4n) is 2.33. The van der Waals surface area contributed by atoms with Crippen molar-refractivity contribution in [1.82, 2.24) is 14.7 Å². The average Bonchev–Trinajstić information content (AvgIpc) is 3.04. The molecule has 0 saturated heterocycles. The number of rotatable bonds is 6. The summed E-state index contributed by atoms with van der Waals surface area (Å²) in [5, 5.41) is 13.3. The van der Waals surface area contributed by atoms with Crippen LogP contribution >= 0.6 is 23.2 Å². The smallest absolute Gasteiger partial charge is 0.271 e. The van der Waals surface area contributed by atoms with Crippen LogP contribution in [0.15, 0.2) is 42.7 Å². The summed E-state index contributed by atoms with van der Waals surface area (Å²) in [6.07, 6.45) is 2.57. The largest absolute Gasteiger partial charge is 0.489 e. The van der Waals surface area contributed by atoms with Crippen molar-refractivity contribution in [2.45, 2.75) is 13.0 Å². The van der Waals surface area contributed by atoms with E-state index in [0.717, 1.165) is 5.56 Å². The van der Waals surface area contributed by atoms with Crippen molar-refractivity contribution in [2.75, 3.05) is 13.2 Å². The first-order valence-electron chi connectivity index (χ1n) is 7.92. The van der Waals surface area contributed by atoms with E-state index in [2.05, 4.69) is 10.3 Å². The number of halogens is 2. The van der Waals surface area contributed by atoms with Crippen LogP contribution in [0.5, 0.6) is 5.75 Å². The van der Waals surface area contributed by atoms with E-state index in [9.17, 15) is 9.90 Å². The van der Waals surface area contributed by atoms with Gasteiger partial charge in [0.2, 0.25) is 0 Å². The number of amides is 1. The van der Waals surface area contributed by atoms with Crippen molar-refractivity contribution in [1.29, 1.82) is 0 Å². The number of nitrogens with zero attached hydrogens (tertiary/aromatic N) is 2. The van der Waals surface area contributed by atoms with Crippen LogP contribution in [0.2, 0.25) is 10.0 Å². The van der Waals surface area contributed by atoms with Crippen LogP contribution < -0.4 is 10.1 Å². The maximum atomic E-state index is 12.2. The summed E-state index contributed by atoms with van der Waals surface area (Å²) in [6.45, 7) is 1.94. The molecule has 0 bridgehead atoms. The number of pyridine rings is 1. The SMILES string of the molecule is Cc1ccn2cc(C(=O)NCC(O)COc3cccc(Cl)c3Cl)nc2c1. The minimum atomic E-state index is -0.909. The van der Waals surface area contributed by atoms with Crippen molar-refractivity contribution in [2.24, 2.45) is 0 Å². The highest BCUT2D eigenvalue weighted by Gasteiger charge is 2.14. The van der Waals surface area contributed by atoms with E-state index in [0.29, 0.717) is 16.4 Å². The number of benzene rings is 1. The van der Waals surface area contributed by atoms with E-state index < -0.39 is 6.10 Å². The van der Waals surface area contributed by atoms with Gasteiger partial charge in [0, 0.05) is 18.9 Å². The van der Waals surface area contributed by atoms with E-state index in [4.69, 9.17) is 27.9 Å². The van der Waals surface area contributed by atoms with Gasteiger partial charge < -0.3 is 19.6 Å². The minimum Gasteiger partial charge on any atom is -0.489 e. The molecule has 8 heteroatoms. The molecule has 2 aromatic heterocycles. The first-order chi connectivity index (χ1) is 12.4. The third-order valence-electron chi connectivity index (χ3n) is 3.69. The molecule has 0 fully saturated rings.